The SMILES string of the molecule is CC.COCCN1CC(NC(=O)c2c(F)cncc2Nc2ccc(C)cc2F)C1. The molecule has 0 aliphatic carbocycles. The van der Waals surface area contributed by atoms with Crippen molar-refractivity contribution in [2.24, 2.45) is 0 Å². The maximum atomic E-state index is 14.3. The molecule has 1 aromatic carbocycles. The number of methoxy groups -OCH3 is 1. The molecule has 3 rings (SSSR count). The number of benzene rings is 1. The number of carbonyl (C=O) groups excluding carboxylic acids is 1. The number of amides is 1. The lowest BCUT2D eigenvalue weighted by atomic mass is 10.1. The summed E-state index contributed by atoms with van der Waals surface area (Å²) < 4.78 is 33.4. The minimum absolute atomic E-state index is 0.0640. The maximum Gasteiger partial charge on any atom is 0.256 e. The van der Waals surface area contributed by atoms with Gasteiger partial charge in [-0.3, -0.25) is 14.7 Å². The van der Waals surface area contributed by atoms with Gasteiger partial charge in [-0.05, 0) is 24.6 Å². The van der Waals surface area contributed by atoms with Gasteiger partial charge in [-0.1, -0.05) is 19.9 Å². The highest BCUT2D eigenvalue weighted by molar-refractivity contribution is 6.00. The van der Waals surface area contributed by atoms with Crippen molar-refractivity contribution in [1.29, 1.82) is 0 Å². The summed E-state index contributed by atoms with van der Waals surface area (Å²) in [6, 6.07) is 4.56. The third-order valence-electron chi connectivity index (χ3n) is 4.42. The zero-order valence-electron chi connectivity index (χ0n) is 17.3. The van der Waals surface area contributed by atoms with Crippen LogP contribution in [-0.4, -0.2) is 55.2 Å². The van der Waals surface area contributed by atoms with Crippen molar-refractivity contribution in [1.82, 2.24) is 15.2 Å². The van der Waals surface area contributed by atoms with E-state index in [2.05, 4.69) is 20.5 Å². The number of ether oxygens (including phenoxy) is 1. The van der Waals surface area contributed by atoms with Crippen LogP contribution in [0, 0.1) is 18.6 Å². The fourth-order valence-electron chi connectivity index (χ4n) is 2.95. The molecule has 2 N–H and O–H groups in total. The Balaban J connectivity index is 0.00000145. The number of hydrogen-bond acceptors (Lipinski definition) is 5. The van der Waals surface area contributed by atoms with Crippen molar-refractivity contribution in [2.75, 3.05) is 38.7 Å². The maximum absolute atomic E-state index is 14.3. The quantitative estimate of drug-likeness (QED) is 0.737. The molecule has 1 aromatic heterocycles. The molecule has 0 radical (unpaired) electrons. The van der Waals surface area contributed by atoms with E-state index in [4.69, 9.17) is 4.74 Å². The smallest absolute Gasteiger partial charge is 0.256 e. The Morgan fingerprint density at radius 1 is 1.21 bits per heavy atom. The number of hydrogen-bond donors (Lipinski definition) is 2. The number of halogens is 2. The summed E-state index contributed by atoms with van der Waals surface area (Å²) in [6.07, 6.45) is 2.28. The first-order valence-electron chi connectivity index (χ1n) is 9.66. The van der Waals surface area contributed by atoms with Crippen molar-refractivity contribution in [3.8, 4) is 0 Å². The van der Waals surface area contributed by atoms with Crippen LogP contribution in [0.15, 0.2) is 30.6 Å². The number of likely N-dealkylation sites (tertiary alicyclic amines) is 1. The monoisotopic (exact) mass is 406 g/mol. The molecule has 1 aliphatic heterocycles. The first kappa shape index (κ1) is 22.7. The van der Waals surface area contributed by atoms with Gasteiger partial charge in [-0.2, -0.15) is 0 Å². The van der Waals surface area contributed by atoms with E-state index in [1.807, 2.05) is 13.8 Å². The summed E-state index contributed by atoms with van der Waals surface area (Å²) in [4.78, 5) is 18.5. The standard InChI is InChI=1S/C19H22F2N4O2.C2H6/c1-12-3-4-16(14(20)7-12)24-17-9-22-8-15(21)18(17)19(26)23-13-10-25(11-13)5-6-27-2;1-2/h3-4,7-9,13,24H,5-6,10-11H2,1-2H3,(H,23,26);1-2H3. The predicted molar refractivity (Wildman–Crippen MR) is 110 cm³/mol. The highest BCUT2D eigenvalue weighted by atomic mass is 19.1. The van der Waals surface area contributed by atoms with Gasteiger partial charge < -0.3 is 15.4 Å². The van der Waals surface area contributed by atoms with Gasteiger partial charge in [-0.25, -0.2) is 8.78 Å². The van der Waals surface area contributed by atoms with Crippen molar-refractivity contribution in [3.05, 3.63) is 53.4 Å². The molecule has 0 atom stereocenters. The zero-order chi connectivity index (χ0) is 21.4. The third kappa shape index (κ3) is 5.95. The van der Waals surface area contributed by atoms with Crippen LogP contribution < -0.4 is 10.6 Å². The van der Waals surface area contributed by atoms with Crippen molar-refractivity contribution < 1.29 is 18.3 Å². The van der Waals surface area contributed by atoms with Crippen LogP contribution in [0.5, 0.6) is 0 Å². The Labute approximate surface area is 170 Å². The summed E-state index contributed by atoms with van der Waals surface area (Å²) in [5, 5.41) is 5.58. The van der Waals surface area contributed by atoms with Gasteiger partial charge in [0.1, 0.15) is 11.4 Å². The zero-order valence-corrected chi connectivity index (χ0v) is 17.3. The topological polar surface area (TPSA) is 66.5 Å². The summed E-state index contributed by atoms with van der Waals surface area (Å²) in [5.41, 5.74) is 0.846. The number of nitrogens with one attached hydrogen (secondary N) is 2. The lowest BCUT2D eigenvalue weighted by Crippen LogP contribution is -2.59. The van der Waals surface area contributed by atoms with Gasteiger partial charge in [0, 0.05) is 26.7 Å². The summed E-state index contributed by atoms with van der Waals surface area (Å²) in [5.74, 6) is -1.81. The molecule has 2 heterocycles. The molecule has 2 aromatic rings. The van der Waals surface area contributed by atoms with E-state index in [9.17, 15) is 13.6 Å². The number of rotatable bonds is 7. The second-order valence-electron chi connectivity index (χ2n) is 6.57. The minimum Gasteiger partial charge on any atom is -0.383 e. The molecule has 1 aliphatic rings. The molecule has 1 fully saturated rings. The molecule has 29 heavy (non-hydrogen) atoms. The average Bonchev–Trinajstić information content (AvgIpc) is 2.67. The number of pyridine rings is 1. The molecule has 0 spiro atoms. The first-order chi connectivity index (χ1) is 14.0. The number of carbonyl (C=O) groups is 1. The number of nitrogens with zero attached hydrogens (tertiary/aromatic N) is 2. The van der Waals surface area contributed by atoms with Gasteiger partial charge in [0.25, 0.3) is 5.91 Å². The fourth-order valence-corrected chi connectivity index (χ4v) is 2.95. The van der Waals surface area contributed by atoms with Crippen LogP contribution in [0.1, 0.15) is 29.8 Å². The van der Waals surface area contributed by atoms with E-state index in [1.54, 1.807) is 20.1 Å². The lowest BCUT2D eigenvalue weighted by Gasteiger charge is -2.39. The molecule has 6 nitrogen and oxygen atoms in total. The predicted octanol–water partition coefficient (Wildman–Crippen LogP) is 3.50. The van der Waals surface area contributed by atoms with Crippen LogP contribution in [0.3, 0.4) is 0 Å². The summed E-state index contributed by atoms with van der Waals surface area (Å²) in [7, 11) is 1.64. The van der Waals surface area contributed by atoms with E-state index < -0.39 is 17.5 Å². The van der Waals surface area contributed by atoms with Crippen molar-refractivity contribution in [2.45, 2.75) is 26.8 Å². The normalized spacial score (nSPS) is 13.9. The Kier molecular flexibility index (Phi) is 8.48. The summed E-state index contributed by atoms with van der Waals surface area (Å²) in [6.45, 7) is 8.53. The average molecular weight is 406 g/mol. The number of anilines is 2. The number of aryl methyl sites for hydroxylation is 1. The van der Waals surface area contributed by atoms with Gasteiger partial charge in [-0.15, -0.1) is 0 Å². The minimum atomic E-state index is -0.763. The molecular formula is C21H28F2N4O2. The molecule has 0 unspecified atom stereocenters. The lowest BCUT2D eigenvalue weighted by molar-refractivity contribution is 0.0693. The van der Waals surface area contributed by atoms with E-state index >= 15 is 0 Å². The third-order valence-corrected chi connectivity index (χ3v) is 4.42. The highest BCUT2D eigenvalue weighted by Crippen LogP contribution is 2.25. The first-order valence-corrected chi connectivity index (χ1v) is 9.66. The van der Waals surface area contributed by atoms with Crippen LogP contribution in [0.25, 0.3) is 0 Å². The van der Waals surface area contributed by atoms with Gasteiger partial charge >= 0.3 is 0 Å². The van der Waals surface area contributed by atoms with E-state index in [0.717, 1.165) is 18.3 Å². The Morgan fingerprint density at radius 2 is 1.93 bits per heavy atom. The molecule has 0 bridgehead atoms. The fraction of sp³-hybridized carbons (Fsp3) is 0.429. The summed E-state index contributed by atoms with van der Waals surface area (Å²) >= 11 is 0. The van der Waals surface area contributed by atoms with Crippen molar-refractivity contribution in [3.63, 3.8) is 0 Å². The van der Waals surface area contributed by atoms with E-state index in [-0.39, 0.29) is 23.0 Å². The van der Waals surface area contributed by atoms with Crippen LogP contribution in [0.4, 0.5) is 20.2 Å². The van der Waals surface area contributed by atoms with E-state index in [0.29, 0.717) is 19.7 Å². The van der Waals surface area contributed by atoms with Crippen molar-refractivity contribution >= 4 is 17.3 Å². The van der Waals surface area contributed by atoms with Crippen LogP contribution in [-0.2, 0) is 4.74 Å². The van der Waals surface area contributed by atoms with E-state index in [1.165, 1.54) is 18.3 Å². The second-order valence-corrected chi connectivity index (χ2v) is 6.57. The molecule has 0 saturated carbocycles. The molecule has 8 heteroatoms. The van der Waals surface area contributed by atoms with Gasteiger partial charge in [0.05, 0.1) is 36.4 Å². The second kappa shape index (κ2) is 10.8. The number of aromatic nitrogens is 1. The van der Waals surface area contributed by atoms with Crippen LogP contribution in [0.2, 0.25) is 0 Å². The van der Waals surface area contributed by atoms with Gasteiger partial charge in [0.2, 0.25) is 0 Å². The molecule has 158 valence electrons. The highest BCUT2D eigenvalue weighted by Gasteiger charge is 2.29. The Morgan fingerprint density at radius 3 is 2.59 bits per heavy atom. The molecule has 1 amide bonds. The molecule has 1 saturated heterocycles. The van der Waals surface area contributed by atoms with Crippen LogP contribution >= 0.6 is 0 Å². The molecular weight excluding hydrogens is 378 g/mol. The largest absolute Gasteiger partial charge is 0.383 e. The van der Waals surface area contributed by atoms with Gasteiger partial charge in [0.15, 0.2) is 5.82 Å². The Hall–Kier alpha value is -2.58. The Bertz CT molecular complexity index is 826.